The number of anilines is 1. The van der Waals surface area contributed by atoms with Crippen LogP contribution in [-0.2, 0) is 0 Å². The molecule has 0 amide bonds. The van der Waals surface area contributed by atoms with E-state index in [-0.39, 0.29) is 23.9 Å². The lowest BCUT2D eigenvalue weighted by Crippen LogP contribution is -2.26. The van der Waals surface area contributed by atoms with Crippen molar-refractivity contribution in [3.8, 4) is 17.0 Å². The van der Waals surface area contributed by atoms with E-state index < -0.39 is 6.36 Å². The molecule has 9 heteroatoms. The average molecular weight is 445 g/mol. The minimum Gasteiger partial charge on any atom is -0.510 e. The van der Waals surface area contributed by atoms with Gasteiger partial charge in [0, 0.05) is 16.6 Å². The molecule has 0 saturated carbocycles. The van der Waals surface area contributed by atoms with E-state index in [1.165, 1.54) is 46.1 Å². The Balaban J connectivity index is 1.56. The van der Waals surface area contributed by atoms with E-state index in [2.05, 4.69) is 9.72 Å². The van der Waals surface area contributed by atoms with E-state index in [0.717, 1.165) is 16.8 Å². The van der Waals surface area contributed by atoms with E-state index in [9.17, 15) is 18.3 Å². The summed E-state index contributed by atoms with van der Waals surface area (Å²) in [7, 11) is 0. The molecular formula is C22H18F3N3O2S. The van der Waals surface area contributed by atoms with E-state index in [1.54, 1.807) is 0 Å². The maximum absolute atomic E-state index is 12.3. The second-order valence-electron chi connectivity index (χ2n) is 7.14. The topological polar surface area (TPSA) is 69.4 Å². The highest BCUT2D eigenvalue weighted by atomic mass is 32.1. The molecule has 2 aromatic carbocycles. The molecule has 1 aliphatic rings. The summed E-state index contributed by atoms with van der Waals surface area (Å²) in [6.45, 7) is 4.09. The van der Waals surface area contributed by atoms with E-state index in [4.69, 9.17) is 5.41 Å². The molecule has 1 aliphatic heterocycles. The lowest BCUT2D eigenvalue weighted by molar-refractivity contribution is -0.274. The third kappa shape index (κ3) is 4.27. The van der Waals surface area contributed by atoms with Crippen LogP contribution in [0, 0.1) is 19.3 Å². The molecule has 0 bridgehead atoms. The summed E-state index contributed by atoms with van der Waals surface area (Å²) in [4.78, 5) is 6.10. The van der Waals surface area contributed by atoms with Gasteiger partial charge in [0.2, 0.25) is 0 Å². The van der Waals surface area contributed by atoms with Crippen LogP contribution in [0.3, 0.4) is 0 Å². The molecule has 0 fully saturated rings. The predicted molar refractivity (Wildman–Crippen MR) is 115 cm³/mol. The van der Waals surface area contributed by atoms with Crippen LogP contribution < -0.4 is 9.64 Å². The highest BCUT2D eigenvalue weighted by molar-refractivity contribution is 7.11. The van der Waals surface area contributed by atoms with Gasteiger partial charge in [0.25, 0.3) is 0 Å². The predicted octanol–water partition coefficient (Wildman–Crippen LogP) is 6.09. The number of aliphatic hydroxyl groups excluding tert-OH is 1. The number of rotatable bonds is 4. The molecule has 0 unspecified atom stereocenters. The molecule has 0 spiro atoms. The number of nitrogens with zero attached hydrogens (tertiary/aromatic N) is 2. The zero-order chi connectivity index (χ0) is 22.3. The van der Waals surface area contributed by atoms with Crippen LogP contribution in [0.25, 0.3) is 16.8 Å². The number of nitrogens with one attached hydrogen (secondary N) is 1. The molecule has 4 rings (SSSR count). The van der Waals surface area contributed by atoms with Crippen LogP contribution in [0.15, 0.2) is 53.6 Å². The Morgan fingerprint density at radius 3 is 2.45 bits per heavy atom. The standard InChI is InChI=1S/C22H18F3N3O2S/c1-12-3-4-14(9-13(12)2)17-11-31-21(27-17)19-18(29)10-28(20(19)26)15-5-7-16(8-6-15)30-22(23,24)25/h3-9,11,26,29H,10H2,1-2H3. The Hall–Kier alpha value is -3.33. The molecule has 0 atom stereocenters. The molecular weight excluding hydrogens is 427 g/mol. The SMILES string of the molecule is Cc1ccc(-c2csc(C3=C(O)CN(c4ccc(OC(F)(F)F)cc4)C3=N)n2)cc1C. The zero-order valence-electron chi connectivity index (χ0n) is 16.6. The summed E-state index contributed by atoms with van der Waals surface area (Å²) in [6.07, 6.45) is -4.77. The van der Waals surface area contributed by atoms with Crippen molar-refractivity contribution in [3.05, 3.63) is 69.7 Å². The van der Waals surface area contributed by atoms with Crippen LogP contribution in [0.5, 0.6) is 5.75 Å². The van der Waals surface area contributed by atoms with Crippen LogP contribution in [0.2, 0.25) is 0 Å². The number of aromatic nitrogens is 1. The molecule has 31 heavy (non-hydrogen) atoms. The van der Waals surface area contributed by atoms with Crippen LogP contribution in [0.4, 0.5) is 18.9 Å². The molecule has 0 aliphatic carbocycles. The van der Waals surface area contributed by atoms with Crippen molar-refractivity contribution < 1.29 is 23.0 Å². The fourth-order valence-corrected chi connectivity index (χ4v) is 4.17. The van der Waals surface area contributed by atoms with E-state index >= 15 is 0 Å². The number of benzene rings is 2. The quantitative estimate of drug-likeness (QED) is 0.510. The summed E-state index contributed by atoms with van der Waals surface area (Å²) in [5.41, 5.74) is 4.81. The van der Waals surface area contributed by atoms with Crippen LogP contribution >= 0.6 is 11.3 Å². The fourth-order valence-electron chi connectivity index (χ4n) is 3.27. The molecule has 160 valence electrons. The summed E-state index contributed by atoms with van der Waals surface area (Å²) in [5, 5.41) is 21.4. The maximum atomic E-state index is 12.3. The highest BCUT2D eigenvalue weighted by Gasteiger charge is 2.33. The maximum Gasteiger partial charge on any atom is 0.573 e. The summed E-state index contributed by atoms with van der Waals surface area (Å²) in [5.74, 6) is -0.332. The summed E-state index contributed by atoms with van der Waals surface area (Å²) in [6, 6.07) is 11.2. The number of aryl methyl sites for hydroxylation is 2. The molecule has 2 N–H and O–H groups in total. The van der Waals surface area contributed by atoms with E-state index in [1.807, 2.05) is 37.4 Å². The first kappa shape index (κ1) is 20.9. The van der Waals surface area contributed by atoms with Gasteiger partial charge in [-0.2, -0.15) is 0 Å². The van der Waals surface area contributed by atoms with E-state index in [0.29, 0.717) is 16.3 Å². The van der Waals surface area contributed by atoms with Gasteiger partial charge in [0.15, 0.2) is 0 Å². The van der Waals surface area contributed by atoms with Crippen molar-refractivity contribution >= 4 is 28.4 Å². The second kappa shape index (κ2) is 7.73. The molecule has 0 radical (unpaired) electrons. The Kier molecular flexibility index (Phi) is 5.22. The van der Waals surface area contributed by atoms with Gasteiger partial charge in [-0.1, -0.05) is 12.1 Å². The third-order valence-electron chi connectivity index (χ3n) is 5.01. The number of thiazole rings is 1. The molecule has 5 nitrogen and oxygen atoms in total. The Morgan fingerprint density at radius 2 is 1.81 bits per heavy atom. The van der Waals surface area contributed by atoms with Gasteiger partial charge in [-0.05, 0) is 55.3 Å². The minimum atomic E-state index is -4.77. The minimum absolute atomic E-state index is 0.0124. The van der Waals surface area contributed by atoms with Gasteiger partial charge >= 0.3 is 6.36 Å². The lowest BCUT2D eigenvalue weighted by atomic mass is 10.1. The zero-order valence-corrected chi connectivity index (χ0v) is 17.4. The van der Waals surface area contributed by atoms with Gasteiger partial charge in [-0.3, -0.25) is 5.41 Å². The average Bonchev–Trinajstić information content (AvgIpc) is 3.28. The second-order valence-corrected chi connectivity index (χ2v) is 7.99. The molecule has 0 saturated heterocycles. The van der Waals surface area contributed by atoms with Crippen molar-refractivity contribution in [1.29, 1.82) is 5.41 Å². The summed E-state index contributed by atoms with van der Waals surface area (Å²) < 4.78 is 40.9. The number of halogens is 3. The summed E-state index contributed by atoms with van der Waals surface area (Å²) >= 11 is 1.32. The number of aliphatic hydroxyl groups is 1. The van der Waals surface area contributed by atoms with Crippen LogP contribution in [-0.4, -0.2) is 28.8 Å². The van der Waals surface area contributed by atoms with Gasteiger partial charge in [-0.25, -0.2) is 4.98 Å². The third-order valence-corrected chi connectivity index (χ3v) is 5.87. The normalized spacial score (nSPS) is 14.5. The smallest absolute Gasteiger partial charge is 0.510 e. The lowest BCUT2D eigenvalue weighted by Gasteiger charge is -2.19. The largest absolute Gasteiger partial charge is 0.573 e. The monoisotopic (exact) mass is 445 g/mol. The van der Waals surface area contributed by atoms with Crippen molar-refractivity contribution in [2.45, 2.75) is 20.2 Å². The van der Waals surface area contributed by atoms with Crippen molar-refractivity contribution in [2.75, 3.05) is 11.4 Å². The molecule has 1 aromatic heterocycles. The van der Waals surface area contributed by atoms with Crippen molar-refractivity contribution in [3.63, 3.8) is 0 Å². The van der Waals surface area contributed by atoms with Crippen LogP contribution in [0.1, 0.15) is 16.1 Å². The number of alkyl halides is 3. The van der Waals surface area contributed by atoms with Crippen molar-refractivity contribution in [2.24, 2.45) is 0 Å². The number of hydrogen-bond acceptors (Lipinski definition) is 5. The first-order valence-electron chi connectivity index (χ1n) is 9.30. The van der Waals surface area contributed by atoms with Crippen molar-refractivity contribution in [1.82, 2.24) is 4.98 Å². The Labute approximate surface area is 180 Å². The van der Waals surface area contributed by atoms with Gasteiger partial charge in [-0.15, -0.1) is 24.5 Å². The molecule has 2 heterocycles. The number of hydrogen-bond donors (Lipinski definition) is 2. The van der Waals surface area contributed by atoms with Gasteiger partial charge in [0.1, 0.15) is 22.4 Å². The number of ether oxygens (including phenoxy) is 1. The molecule has 3 aromatic rings. The highest BCUT2D eigenvalue weighted by Crippen LogP contribution is 2.35. The van der Waals surface area contributed by atoms with Gasteiger partial charge < -0.3 is 14.7 Å². The first-order valence-corrected chi connectivity index (χ1v) is 10.2. The Morgan fingerprint density at radius 1 is 1.10 bits per heavy atom. The first-order chi connectivity index (χ1) is 14.6. The number of amidine groups is 1. The Bertz CT molecular complexity index is 1180. The van der Waals surface area contributed by atoms with Gasteiger partial charge in [0.05, 0.1) is 17.8 Å². The fraction of sp³-hybridized carbons (Fsp3) is 0.182.